The van der Waals surface area contributed by atoms with E-state index in [1.54, 1.807) is 36.4 Å². The fourth-order valence-electron chi connectivity index (χ4n) is 3.41. The molecule has 0 atom stereocenters. The molecular weight excluding hydrogens is 497 g/mol. The van der Waals surface area contributed by atoms with Crippen LogP contribution in [0.1, 0.15) is 21.5 Å². The van der Waals surface area contributed by atoms with Gasteiger partial charge in [-0.2, -0.15) is 0 Å². The maximum Gasteiger partial charge on any atom is 0.283 e. The van der Waals surface area contributed by atoms with Gasteiger partial charge in [0, 0.05) is 16.9 Å². The molecule has 3 aromatic rings. The van der Waals surface area contributed by atoms with Crippen molar-refractivity contribution in [3.63, 3.8) is 0 Å². The van der Waals surface area contributed by atoms with E-state index in [0.717, 1.165) is 21.7 Å². The van der Waals surface area contributed by atoms with E-state index in [4.69, 9.17) is 34.8 Å². The molecule has 2 N–H and O–H groups in total. The molecular formula is C25H18Cl3N3O3. The van der Waals surface area contributed by atoms with E-state index in [1.165, 1.54) is 6.07 Å². The fraction of sp³-hybridized carbons (Fsp3) is 0.0800. The summed E-state index contributed by atoms with van der Waals surface area (Å²) in [5.41, 5.74) is 3.65. The molecule has 0 unspecified atom stereocenters. The van der Waals surface area contributed by atoms with Gasteiger partial charge in [-0.15, -0.1) is 0 Å². The molecule has 0 saturated carbocycles. The summed E-state index contributed by atoms with van der Waals surface area (Å²) >= 11 is 18.4. The van der Waals surface area contributed by atoms with Gasteiger partial charge in [0.25, 0.3) is 17.7 Å². The lowest BCUT2D eigenvalue weighted by Crippen LogP contribution is -2.32. The first-order chi connectivity index (χ1) is 16.2. The largest absolute Gasteiger partial charge is 0.350 e. The van der Waals surface area contributed by atoms with Crippen molar-refractivity contribution in [2.45, 2.75) is 13.8 Å². The van der Waals surface area contributed by atoms with E-state index < -0.39 is 11.8 Å². The lowest BCUT2D eigenvalue weighted by atomic mass is 10.1. The molecule has 0 bridgehead atoms. The minimum atomic E-state index is -0.720. The van der Waals surface area contributed by atoms with Crippen LogP contribution in [0.3, 0.4) is 0 Å². The molecule has 172 valence electrons. The summed E-state index contributed by atoms with van der Waals surface area (Å²) in [6.07, 6.45) is 0. The molecule has 0 saturated heterocycles. The summed E-state index contributed by atoms with van der Waals surface area (Å²) in [4.78, 5) is 39.2. The number of nitrogens with one attached hydrogen (secondary N) is 2. The minimum absolute atomic E-state index is 0.0656. The Morgan fingerprint density at radius 3 is 2.29 bits per heavy atom. The molecule has 9 heteroatoms. The molecule has 0 aromatic heterocycles. The molecule has 1 aliphatic rings. The van der Waals surface area contributed by atoms with Crippen molar-refractivity contribution in [2.75, 3.05) is 15.5 Å². The van der Waals surface area contributed by atoms with Gasteiger partial charge < -0.3 is 10.6 Å². The van der Waals surface area contributed by atoms with Gasteiger partial charge in [0.1, 0.15) is 10.7 Å². The van der Waals surface area contributed by atoms with Crippen molar-refractivity contribution in [1.82, 2.24) is 0 Å². The standard InChI is InChI=1S/C25H18Cl3N3O3/c1-13-6-7-14(2)18(12-13)30-23(32)15-8-10-16(11-9-15)29-22-21(28)24(33)31(25(22)34)19-5-3-4-17(26)20(19)27/h3-12,29H,1-2H3,(H,30,32). The number of carbonyl (C=O) groups excluding carboxylic acids is 3. The zero-order chi connectivity index (χ0) is 24.6. The van der Waals surface area contributed by atoms with Crippen molar-refractivity contribution in [3.05, 3.63) is 98.1 Å². The second kappa shape index (κ2) is 9.50. The predicted molar refractivity (Wildman–Crippen MR) is 136 cm³/mol. The molecule has 0 spiro atoms. The first kappa shape index (κ1) is 23.8. The van der Waals surface area contributed by atoms with E-state index in [-0.39, 0.29) is 32.4 Å². The number of halogens is 3. The lowest BCUT2D eigenvalue weighted by molar-refractivity contribution is -0.120. The zero-order valence-electron chi connectivity index (χ0n) is 18.1. The van der Waals surface area contributed by atoms with E-state index in [1.807, 2.05) is 32.0 Å². The molecule has 1 aliphatic heterocycles. The summed E-state index contributed by atoms with van der Waals surface area (Å²) in [6, 6.07) is 16.9. The van der Waals surface area contributed by atoms with Gasteiger partial charge in [0.05, 0.1) is 15.7 Å². The Bertz CT molecular complexity index is 1370. The average Bonchev–Trinajstić information content (AvgIpc) is 3.02. The van der Waals surface area contributed by atoms with Crippen LogP contribution in [0.15, 0.2) is 71.4 Å². The molecule has 0 radical (unpaired) electrons. The monoisotopic (exact) mass is 513 g/mol. The summed E-state index contributed by atoms with van der Waals surface area (Å²) < 4.78 is 0. The van der Waals surface area contributed by atoms with Gasteiger partial charge in [-0.3, -0.25) is 14.4 Å². The highest BCUT2D eigenvalue weighted by atomic mass is 35.5. The molecule has 34 heavy (non-hydrogen) atoms. The molecule has 3 amide bonds. The van der Waals surface area contributed by atoms with Gasteiger partial charge in [0.2, 0.25) is 0 Å². The Labute approximate surface area is 211 Å². The zero-order valence-corrected chi connectivity index (χ0v) is 20.3. The highest BCUT2D eigenvalue weighted by molar-refractivity contribution is 6.54. The number of hydrogen-bond acceptors (Lipinski definition) is 4. The van der Waals surface area contributed by atoms with Crippen LogP contribution in [0.25, 0.3) is 0 Å². The fourth-order valence-corrected chi connectivity index (χ4v) is 4.00. The third kappa shape index (κ3) is 4.53. The molecule has 6 nitrogen and oxygen atoms in total. The third-order valence-electron chi connectivity index (χ3n) is 5.26. The number of nitrogens with zero attached hydrogens (tertiary/aromatic N) is 1. The number of amides is 3. The predicted octanol–water partition coefficient (Wildman–Crippen LogP) is 6.30. The number of anilines is 3. The first-order valence-corrected chi connectivity index (χ1v) is 11.3. The van der Waals surface area contributed by atoms with Gasteiger partial charge in [-0.1, -0.05) is 53.0 Å². The van der Waals surface area contributed by atoms with Crippen LogP contribution in [-0.4, -0.2) is 17.7 Å². The first-order valence-electron chi connectivity index (χ1n) is 10.2. The average molecular weight is 515 g/mol. The number of carbonyl (C=O) groups is 3. The Morgan fingerprint density at radius 1 is 0.882 bits per heavy atom. The number of aryl methyl sites for hydroxylation is 2. The quantitative estimate of drug-likeness (QED) is 0.392. The van der Waals surface area contributed by atoms with Crippen LogP contribution >= 0.6 is 34.8 Å². The van der Waals surface area contributed by atoms with Gasteiger partial charge in [-0.25, -0.2) is 4.90 Å². The number of rotatable bonds is 5. The van der Waals surface area contributed by atoms with E-state index >= 15 is 0 Å². The lowest BCUT2D eigenvalue weighted by Gasteiger charge is -2.17. The molecule has 4 rings (SSSR count). The molecule has 1 heterocycles. The van der Waals surface area contributed by atoms with Gasteiger partial charge in [-0.05, 0) is 67.4 Å². The number of benzene rings is 3. The molecule has 0 fully saturated rings. The number of imide groups is 1. The number of hydrogen-bond donors (Lipinski definition) is 2. The minimum Gasteiger partial charge on any atom is -0.350 e. The van der Waals surface area contributed by atoms with Crippen molar-refractivity contribution >= 4 is 69.6 Å². The van der Waals surface area contributed by atoms with Crippen LogP contribution in [-0.2, 0) is 9.59 Å². The topological polar surface area (TPSA) is 78.5 Å². The van der Waals surface area contributed by atoms with Gasteiger partial charge in [0.15, 0.2) is 0 Å². The smallest absolute Gasteiger partial charge is 0.283 e. The van der Waals surface area contributed by atoms with Crippen LogP contribution < -0.4 is 15.5 Å². The van der Waals surface area contributed by atoms with E-state index in [9.17, 15) is 14.4 Å². The van der Waals surface area contributed by atoms with Crippen LogP contribution in [0.4, 0.5) is 17.1 Å². The summed E-state index contributed by atoms with van der Waals surface area (Å²) in [5.74, 6) is -1.66. The second-order valence-corrected chi connectivity index (χ2v) is 8.85. The highest BCUT2D eigenvalue weighted by Gasteiger charge is 2.40. The van der Waals surface area contributed by atoms with Crippen LogP contribution in [0.2, 0.25) is 10.0 Å². The summed E-state index contributed by atoms with van der Waals surface area (Å²) in [5, 5.41) is 5.75. The Hall–Kier alpha value is -3.32. The van der Waals surface area contributed by atoms with E-state index in [2.05, 4.69) is 10.6 Å². The normalized spacial score (nSPS) is 13.5. The van der Waals surface area contributed by atoms with Crippen molar-refractivity contribution in [2.24, 2.45) is 0 Å². The molecule has 0 aliphatic carbocycles. The van der Waals surface area contributed by atoms with Crippen LogP contribution in [0, 0.1) is 13.8 Å². The van der Waals surface area contributed by atoms with Crippen molar-refractivity contribution in [3.8, 4) is 0 Å². The Balaban J connectivity index is 1.51. The second-order valence-electron chi connectivity index (χ2n) is 7.68. The van der Waals surface area contributed by atoms with Crippen molar-refractivity contribution < 1.29 is 14.4 Å². The Morgan fingerprint density at radius 2 is 1.59 bits per heavy atom. The van der Waals surface area contributed by atoms with Crippen molar-refractivity contribution in [1.29, 1.82) is 0 Å². The molecule has 3 aromatic carbocycles. The SMILES string of the molecule is Cc1ccc(C)c(NC(=O)c2ccc(NC3=C(Cl)C(=O)N(c4cccc(Cl)c4Cl)C3=O)cc2)c1. The Kier molecular flexibility index (Phi) is 6.66. The van der Waals surface area contributed by atoms with Gasteiger partial charge >= 0.3 is 0 Å². The maximum absolute atomic E-state index is 13.0. The highest BCUT2D eigenvalue weighted by Crippen LogP contribution is 2.37. The summed E-state index contributed by atoms with van der Waals surface area (Å²) in [7, 11) is 0. The third-order valence-corrected chi connectivity index (χ3v) is 6.42. The maximum atomic E-state index is 13.0. The van der Waals surface area contributed by atoms with Crippen LogP contribution in [0.5, 0.6) is 0 Å². The summed E-state index contributed by atoms with van der Waals surface area (Å²) in [6.45, 7) is 3.87. The van der Waals surface area contributed by atoms with E-state index in [0.29, 0.717) is 11.3 Å².